The monoisotopic (exact) mass is 531 g/mol. The van der Waals surface area contributed by atoms with Gasteiger partial charge >= 0.3 is 6.18 Å². The Morgan fingerprint density at radius 1 is 1.18 bits per heavy atom. The van der Waals surface area contributed by atoms with Gasteiger partial charge in [-0.25, -0.2) is 8.42 Å². The van der Waals surface area contributed by atoms with E-state index in [1.807, 2.05) is 11.9 Å². The molecule has 4 rings (SSSR count). The number of sulfonamides is 1. The molecule has 12 heteroatoms. The van der Waals surface area contributed by atoms with Crippen LogP contribution in [0.15, 0.2) is 52.7 Å². The van der Waals surface area contributed by atoms with Crippen molar-refractivity contribution < 1.29 is 26.3 Å². The lowest BCUT2D eigenvalue weighted by molar-refractivity contribution is -0.139. The number of anilines is 2. The van der Waals surface area contributed by atoms with E-state index in [0.717, 1.165) is 29.5 Å². The lowest BCUT2D eigenvalue weighted by atomic mass is 10.1. The molecule has 0 radical (unpaired) electrons. The molecule has 1 aromatic heterocycles. The summed E-state index contributed by atoms with van der Waals surface area (Å²) in [5.74, 6) is -0.417. The van der Waals surface area contributed by atoms with Crippen molar-refractivity contribution in [3.8, 4) is 16.9 Å². The number of hydrogen-bond acceptors (Lipinski definition) is 6. The number of hydrogen-bond donors (Lipinski definition) is 2. The highest BCUT2D eigenvalue weighted by atomic mass is 35.5. The van der Waals surface area contributed by atoms with Crippen LogP contribution in [0.1, 0.15) is 12.0 Å². The first-order valence-electron chi connectivity index (χ1n) is 10.2. The molecule has 6 nitrogen and oxygen atoms in total. The van der Waals surface area contributed by atoms with Crippen molar-refractivity contribution >= 4 is 44.3 Å². The van der Waals surface area contributed by atoms with Crippen molar-refractivity contribution in [2.45, 2.75) is 22.9 Å². The third kappa shape index (κ3) is 5.43. The second kappa shape index (κ2) is 9.29. The number of likely N-dealkylation sites (tertiary alicyclic amines) is 1. The highest BCUT2D eigenvalue weighted by Crippen LogP contribution is 2.41. The summed E-state index contributed by atoms with van der Waals surface area (Å²) in [7, 11) is -2.27. The van der Waals surface area contributed by atoms with Gasteiger partial charge in [-0.1, -0.05) is 23.7 Å². The van der Waals surface area contributed by atoms with Gasteiger partial charge in [-0.05, 0) is 49.4 Å². The van der Waals surface area contributed by atoms with Crippen LogP contribution in [0.2, 0.25) is 4.34 Å². The molecular weight excluding hydrogens is 511 g/mol. The first-order valence-corrected chi connectivity index (χ1v) is 12.8. The van der Waals surface area contributed by atoms with E-state index in [0.29, 0.717) is 36.3 Å². The van der Waals surface area contributed by atoms with Gasteiger partial charge in [-0.2, -0.15) is 13.2 Å². The Kier molecular flexibility index (Phi) is 6.74. The molecular formula is C22H21ClF3N3O3S2. The van der Waals surface area contributed by atoms with Gasteiger partial charge < -0.3 is 15.4 Å². The Bertz CT molecular complexity index is 1290. The summed E-state index contributed by atoms with van der Waals surface area (Å²) in [5, 5.41) is 0. The molecule has 1 atom stereocenters. The van der Waals surface area contributed by atoms with E-state index < -0.39 is 33.6 Å². The fourth-order valence-electron chi connectivity index (χ4n) is 3.63. The zero-order valence-electron chi connectivity index (χ0n) is 17.9. The molecule has 2 heterocycles. The molecule has 182 valence electrons. The number of nitrogen functional groups attached to an aromatic ring is 1. The summed E-state index contributed by atoms with van der Waals surface area (Å²) < 4.78 is 74.7. The van der Waals surface area contributed by atoms with Gasteiger partial charge in [0.2, 0.25) is 0 Å². The van der Waals surface area contributed by atoms with Gasteiger partial charge in [0.25, 0.3) is 10.0 Å². The smallest absolute Gasteiger partial charge is 0.419 e. The molecule has 0 unspecified atom stereocenters. The van der Waals surface area contributed by atoms with Crippen molar-refractivity contribution in [2.75, 3.05) is 30.6 Å². The van der Waals surface area contributed by atoms with E-state index in [-0.39, 0.29) is 14.2 Å². The van der Waals surface area contributed by atoms with E-state index in [9.17, 15) is 21.6 Å². The minimum Gasteiger partial charge on any atom is -0.488 e. The van der Waals surface area contributed by atoms with Crippen LogP contribution >= 0.6 is 22.9 Å². The molecule has 0 amide bonds. The first-order chi connectivity index (χ1) is 15.9. The maximum absolute atomic E-state index is 13.5. The molecule has 3 N–H and O–H groups in total. The number of ether oxygens (including phenoxy) is 1. The normalized spacial score (nSPS) is 17.1. The molecule has 34 heavy (non-hydrogen) atoms. The molecule has 1 aliphatic rings. The van der Waals surface area contributed by atoms with E-state index in [1.54, 1.807) is 24.3 Å². The largest absolute Gasteiger partial charge is 0.488 e. The van der Waals surface area contributed by atoms with Crippen LogP contribution in [-0.4, -0.2) is 39.6 Å². The zero-order valence-corrected chi connectivity index (χ0v) is 20.3. The van der Waals surface area contributed by atoms with E-state index in [1.165, 1.54) is 6.07 Å². The van der Waals surface area contributed by atoms with Gasteiger partial charge in [0.1, 0.15) is 20.4 Å². The summed E-state index contributed by atoms with van der Waals surface area (Å²) in [5.41, 5.74) is 6.42. The predicted molar refractivity (Wildman–Crippen MR) is 128 cm³/mol. The van der Waals surface area contributed by atoms with E-state index in [2.05, 4.69) is 4.72 Å². The topological polar surface area (TPSA) is 84.7 Å². The lowest BCUT2D eigenvalue weighted by Gasteiger charge is -2.19. The summed E-state index contributed by atoms with van der Waals surface area (Å²) >= 11 is 7.12. The Hall–Kier alpha value is -2.47. The quantitative estimate of drug-likeness (QED) is 0.407. The molecule has 1 fully saturated rings. The molecule has 1 saturated heterocycles. The Morgan fingerprint density at radius 3 is 2.50 bits per heavy atom. The Labute approximate surface area is 204 Å². The summed E-state index contributed by atoms with van der Waals surface area (Å²) in [4.78, 5) is 1.95. The molecule has 0 aliphatic carbocycles. The molecule has 0 spiro atoms. The fraction of sp³-hybridized carbons (Fsp3) is 0.273. The number of benzene rings is 2. The Balaban J connectivity index is 1.62. The number of halogens is 4. The van der Waals surface area contributed by atoms with Crippen LogP contribution in [0.4, 0.5) is 24.5 Å². The highest BCUT2D eigenvalue weighted by Gasteiger charge is 2.36. The standard InChI is InChI=1S/C22H21ClF3N3O3S2/c1-29-9-8-16(12-29)32-19-10-15(6-7-18(19)22(24,25)26)28-34(30,31)20-11-17(21(23)33-20)13-2-4-14(27)5-3-13/h2-7,10-11,16,28H,8-9,12,27H2,1H3/t16-/m1/s1. The number of nitrogens with one attached hydrogen (secondary N) is 1. The molecule has 0 saturated carbocycles. The van der Waals surface area contributed by atoms with Crippen LogP contribution in [0.5, 0.6) is 5.75 Å². The maximum atomic E-state index is 13.5. The maximum Gasteiger partial charge on any atom is 0.419 e. The fourth-order valence-corrected chi connectivity index (χ4v) is 6.45. The summed E-state index contributed by atoms with van der Waals surface area (Å²) in [6.07, 6.45) is -4.49. The third-order valence-corrected chi connectivity index (χ3v) is 8.55. The summed E-state index contributed by atoms with van der Waals surface area (Å²) in [6, 6.07) is 11.1. The predicted octanol–water partition coefficient (Wildman–Crippen LogP) is 5.55. The van der Waals surface area contributed by atoms with Crippen molar-refractivity contribution in [1.82, 2.24) is 4.90 Å². The zero-order chi connectivity index (χ0) is 24.7. The number of nitrogens with zero attached hydrogens (tertiary/aromatic N) is 1. The van der Waals surface area contributed by atoms with Crippen LogP contribution in [0, 0.1) is 0 Å². The molecule has 3 aromatic rings. The van der Waals surface area contributed by atoms with Gasteiger partial charge in [0.15, 0.2) is 0 Å². The van der Waals surface area contributed by atoms with Gasteiger partial charge in [-0.15, -0.1) is 11.3 Å². The van der Waals surface area contributed by atoms with Crippen LogP contribution in [-0.2, 0) is 16.2 Å². The minimum absolute atomic E-state index is 0.0482. The van der Waals surface area contributed by atoms with Crippen LogP contribution in [0.25, 0.3) is 11.1 Å². The number of rotatable bonds is 6. The summed E-state index contributed by atoms with van der Waals surface area (Å²) in [6.45, 7) is 1.18. The van der Waals surface area contributed by atoms with Crippen molar-refractivity contribution in [2.24, 2.45) is 0 Å². The second-order valence-corrected chi connectivity index (χ2v) is 11.5. The average Bonchev–Trinajstić information content (AvgIpc) is 3.33. The SMILES string of the molecule is CN1CC[C@@H](Oc2cc(NS(=O)(=O)c3cc(-c4ccc(N)cc4)c(Cl)s3)ccc2C(F)(F)F)C1. The lowest BCUT2D eigenvalue weighted by Crippen LogP contribution is -2.23. The minimum atomic E-state index is -4.65. The molecule has 0 bridgehead atoms. The molecule has 2 aromatic carbocycles. The van der Waals surface area contributed by atoms with Crippen molar-refractivity contribution in [3.05, 3.63) is 58.4 Å². The highest BCUT2D eigenvalue weighted by molar-refractivity contribution is 7.94. The van der Waals surface area contributed by atoms with Gasteiger partial charge in [0.05, 0.1) is 11.3 Å². The van der Waals surface area contributed by atoms with E-state index >= 15 is 0 Å². The van der Waals surface area contributed by atoms with E-state index in [4.69, 9.17) is 22.1 Å². The van der Waals surface area contributed by atoms with Crippen molar-refractivity contribution in [1.29, 1.82) is 0 Å². The number of likely N-dealkylation sites (N-methyl/N-ethyl adjacent to an activating group) is 1. The number of nitrogens with two attached hydrogens (primary N) is 1. The first kappa shape index (κ1) is 24.6. The number of alkyl halides is 3. The van der Waals surface area contributed by atoms with Gasteiger partial charge in [0, 0.05) is 30.4 Å². The average molecular weight is 532 g/mol. The van der Waals surface area contributed by atoms with Crippen molar-refractivity contribution in [3.63, 3.8) is 0 Å². The number of thiophene rings is 1. The third-order valence-electron chi connectivity index (χ3n) is 5.33. The molecule has 1 aliphatic heterocycles. The van der Waals surface area contributed by atoms with Gasteiger partial charge in [-0.3, -0.25) is 4.72 Å². The van der Waals surface area contributed by atoms with Crippen LogP contribution in [0.3, 0.4) is 0 Å². The van der Waals surface area contributed by atoms with Crippen LogP contribution < -0.4 is 15.2 Å². The second-order valence-electron chi connectivity index (χ2n) is 7.98. The Morgan fingerprint density at radius 2 is 1.88 bits per heavy atom.